The molecule has 0 unspecified atom stereocenters. The second-order valence-corrected chi connectivity index (χ2v) is 10.4. The van der Waals surface area contributed by atoms with Crippen LogP contribution in [-0.2, 0) is 10.0 Å². The number of nitrogens with zero attached hydrogens (tertiary/aromatic N) is 3. The molecule has 2 aliphatic carbocycles. The molecule has 2 heterocycles. The monoisotopic (exact) mass is 404 g/mol. The molecule has 2 saturated carbocycles. The van der Waals surface area contributed by atoms with E-state index in [9.17, 15) is 13.5 Å². The molecule has 0 amide bonds. The van der Waals surface area contributed by atoms with E-state index in [0.717, 1.165) is 42.4 Å². The molecule has 8 heteroatoms. The van der Waals surface area contributed by atoms with E-state index in [-0.39, 0.29) is 0 Å². The first-order chi connectivity index (χ1) is 13.5. The van der Waals surface area contributed by atoms with Crippen molar-refractivity contribution in [1.82, 2.24) is 14.1 Å². The zero-order valence-corrected chi connectivity index (χ0v) is 16.9. The van der Waals surface area contributed by atoms with Crippen LogP contribution in [0.1, 0.15) is 57.4 Å². The third-order valence-electron chi connectivity index (χ3n) is 6.33. The second-order valence-electron chi connectivity index (χ2n) is 8.46. The van der Waals surface area contributed by atoms with Gasteiger partial charge in [0, 0.05) is 24.5 Å². The van der Waals surface area contributed by atoms with Gasteiger partial charge in [-0.2, -0.15) is 9.40 Å². The van der Waals surface area contributed by atoms with Crippen LogP contribution in [0.5, 0.6) is 0 Å². The highest BCUT2D eigenvalue weighted by molar-refractivity contribution is 7.89. The molecule has 0 bridgehead atoms. The number of aliphatic hydroxyl groups is 1. The first-order valence-corrected chi connectivity index (χ1v) is 11.9. The number of rotatable bonds is 5. The molecule has 152 valence electrons. The van der Waals surface area contributed by atoms with Crippen LogP contribution in [0.3, 0.4) is 0 Å². The molecule has 2 aromatic rings. The zero-order valence-electron chi connectivity index (χ0n) is 16.0. The fourth-order valence-electron chi connectivity index (χ4n) is 4.48. The highest BCUT2D eigenvalue weighted by atomic mass is 32.2. The molecule has 1 aromatic carbocycles. The topological polar surface area (TPSA) is 87.5 Å². The lowest BCUT2D eigenvalue weighted by atomic mass is 10.1. The van der Waals surface area contributed by atoms with Crippen molar-refractivity contribution in [1.29, 1.82) is 0 Å². The molecular weight excluding hydrogens is 376 g/mol. The Kier molecular flexibility index (Phi) is 4.60. The minimum absolute atomic E-state index is 0.321. The van der Waals surface area contributed by atoms with Gasteiger partial charge in [0.15, 0.2) is 5.82 Å². The maximum atomic E-state index is 13.1. The first-order valence-electron chi connectivity index (χ1n) is 10.5. The van der Waals surface area contributed by atoms with Crippen LogP contribution in [0, 0.1) is 0 Å². The van der Waals surface area contributed by atoms with Crippen molar-refractivity contribution in [2.75, 3.05) is 18.4 Å². The van der Waals surface area contributed by atoms with Gasteiger partial charge >= 0.3 is 0 Å². The van der Waals surface area contributed by atoms with Gasteiger partial charge in [-0.3, -0.25) is 4.68 Å². The number of hydrogen-bond acceptors (Lipinski definition) is 5. The number of hydrogen-bond donors (Lipinski definition) is 2. The maximum Gasteiger partial charge on any atom is 0.243 e. The van der Waals surface area contributed by atoms with Crippen molar-refractivity contribution in [3.63, 3.8) is 0 Å². The minimum atomic E-state index is -3.56. The molecule has 3 fully saturated rings. The smallest absolute Gasteiger partial charge is 0.243 e. The summed E-state index contributed by atoms with van der Waals surface area (Å²) in [6.45, 7) is 0.742. The fraction of sp³-hybridized carbons (Fsp3) is 0.650. The fourth-order valence-corrected chi connectivity index (χ4v) is 5.98. The normalized spacial score (nSPS) is 22.9. The summed E-state index contributed by atoms with van der Waals surface area (Å²) < 4.78 is 29.9. The molecule has 1 aliphatic heterocycles. The number of benzene rings is 1. The Bertz CT molecular complexity index is 969. The van der Waals surface area contributed by atoms with Crippen LogP contribution in [0.25, 0.3) is 10.9 Å². The zero-order chi connectivity index (χ0) is 19.3. The molecule has 28 heavy (non-hydrogen) atoms. The lowest BCUT2D eigenvalue weighted by molar-refractivity contribution is 0.113. The summed E-state index contributed by atoms with van der Waals surface area (Å²) in [6.07, 6.45) is 7.63. The summed E-state index contributed by atoms with van der Waals surface area (Å²) in [7, 11) is -3.56. The largest absolute Gasteiger partial charge is 0.393 e. The van der Waals surface area contributed by atoms with E-state index >= 15 is 0 Å². The van der Waals surface area contributed by atoms with E-state index < -0.39 is 16.1 Å². The van der Waals surface area contributed by atoms with E-state index in [1.807, 2.05) is 6.07 Å². The van der Waals surface area contributed by atoms with Gasteiger partial charge in [-0.05, 0) is 56.7 Å². The summed E-state index contributed by atoms with van der Waals surface area (Å²) in [5.74, 6) is 0.819. The highest BCUT2D eigenvalue weighted by Gasteiger charge is 2.31. The Morgan fingerprint density at radius 1 is 1.04 bits per heavy atom. The molecule has 3 aliphatic rings. The van der Waals surface area contributed by atoms with Crippen LogP contribution in [0.15, 0.2) is 23.1 Å². The van der Waals surface area contributed by atoms with E-state index in [4.69, 9.17) is 5.10 Å². The van der Waals surface area contributed by atoms with E-state index in [0.29, 0.717) is 42.9 Å². The summed E-state index contributed by atoms with van der Waals surface area (Å²) in [5.41, 5.74) is 1.01. The predicted molar refractivity (Wildman–Crippen MR) is 108 cm³/mol. The highest BCUT2D eigenvalue weighted by Crippen LogP contribution is 2.40. The van der Waals surface area contributed by atoms with Crippen LogP contribution in [0.4, 0.5) is 5.82 Å². The Morgan fingerprint density at radius 3 is 2.43 bits per heavy atom. The summed E-state index contributed by atoms with van der Waals surface area (Å²) >= 11 is 0. The van der Waals surface area contributed by atoms with Crippen LogP contribution in [-0.4, -0.2) is 52.8 Å². The van der Waals surface area contributed by atoms with E-state index in [2.05, 4.69) is 10.00 Å². The van der Waals surface area contributed by atoms with Crippen LogP contribution < -0.4 is 5.32 Å². The average Bonchev–Trinajstić information content (AvgIpc) is 3.29. The summed E-state index contributed by atoms with van der Waals surface area (Å²) in [6, 6.07) is 6.27. The first kappa shape index (κ1) is 18.4. The molecule has 1 aromatic heterocycles. The van der Waals surface area contributed by atoms with Gasteiger partial charge in [-0.15, -0.1) is 0 Å². The van der Waals surface area contributed by atoms with Crippen LogP contribution >= 0.6 is 0 Å². The predicted octanol–water partition coefficient (Wildman–Crippen LogP) is 2.87. The number of aliphatic hydroxyl groups excluding tert-OH is 1. The van der Waals surface area contributed by atoms with Crippen molar-refractivity contribution in [3.8, 4) is 0 Å². The third kappa shape index (κ3) is 3.31. The molecular formula is C20H28N4O3S. The van der Waals surface area contributed by atoms with Gasteiger partial charge in [-0.25, -0.2) is 8.42 Å². The van der Waals surface area contributed by atoms with Gasteiger partial charge in [0.25, 0.3) is 0 Å². The SMILES string of the molecule is O=S(=O)(c1ccc2c(c1)c(NC1CCCC1)nn2C1CC1)N1CCC(O)CC1. The van der Waals surface area contributed by atoms with E-state index in [1.54, 1.807) is 12.1 Å². The number of fused-ring (bicyclic) bond motifs is 1. The van der Waals surface area contributed by atoms with Gasteiger partial charge in [0.2, 0.25) is 10.0 Å². The Balaban J connectivity index is 1.52. The number of anilines is 1. The van der Waals surface area contributed by atoms with Crippen LogP contribution in [0.2, 0.25) is 0 Å². The number of piperidine rings is 1. The molecule has 5 rings (SSSR count). The third-order valence-corrected chi connectivity index (χ3v) is 8.22. The quantitative estimate of drug-likeness (QED) is 0.800. The molecule has 1 saturated heterocycles. The summed E-state index contributed by atoms with van der Waals surface area (Å²) in [5, 5.41) is 19.0. The minimum Gasteiger partial charge on any atom is -0.393 e. The number of aromatic nitrogens is 2. The molecule has 7 nitrogen and oxygen atoms in total. The van der Waals surface area contributed by atoms with Crippen molar-refractivity contribution < 1.29 is 13.5 Å². The van der Waals surface area contributed by atoms with Crippen molar-refractivity contribution in [2.24, 2.45) is 0 Å². The molecule has 0 spiro atoms. The van der Waals surface area contributed by atoms with Gasteiger partial charge in [0.1, 0.15) is 0 Å². The standard InChI is InChI=1S/C20H28N4O3S/c25-16-9-11-23(12-10-16)28(26,27)17-7-8-19-18(13-17)20(21-14-3-1-2-4-14)22-24(19)15-5-6-15/h7-8,13-16,25H,1-6,9-12H2,(H,21,22). The molecule has 0 atom stereocenters. The second kappa shape index (κ2) is 7.00. The average molecular weight is 405 g/mol. The maximum absolute atomic E-state index is 13.1. The van der Waals surface area contributed by atoms with Gasteiger partial charge in [-0.1, -0.05) is 12.8 Å². The Hall–Kier alpha value is -1.64. The Morgan fingerprint density at radius 2 is 1.75 bits per heavy atom. The number of nitrogens with one attached hydrogen (secondary N) is 1. The lowest BCUT2D eigenvalue weighted by Gasteiger charge is -2.28. The van der Waals surface area contributed by atoms with Gasteiger partial charge in [0.05, 0.1) is 22.6 Å². The molecule has 2 N–H and O–H groups in total. The summed E-state index contributed by atoms with van der Waals surface area (Å²) in [4.78, 5) is 0.321. The lowest BCUT2D eigenvalue weighted by Crippen LogP contribution is -2.39. The van der Waals surface area contributed by atoms with Crippen molar-refractivity contribution >= 4 is 26.7 Å². The van der Waals surface area contributed by atoms with Crippen molar-refractivity contribution in [2.45, 2.75) is 74.4 Å². The Labute approximate surface area is 165 Å². The van der Waals surface area contributed by atoms with E-state index in [1.165, 1.54) is 17.1 Å². The van der Waals surface area contributed by atoms with Crippen molar-refractivity contribution in [3.05, 3.63) is 18.2 Å². The van der Waals surface area contributed by atoms with Gasteiger partial charge < -0.3 is 10.4 Å². The number of sulfonamides is 1. The molecule has 0 radical (unpaired) electrons.